The lowest BCUT2D eigenvalue weighted by Gasteiger charge is -2.33. The lowest BCUT2D eigenvalue weighted by molar-refractivity contribution is -0.0504. The second-order valence-corrected chi connectivity index (χ2v) is 25.0. The van der Waals surface area contributed by atoms with Gasteiger partial charge >= 0.3 is 31.3 Å². The van der Waals surface area contributed by atoms with Crippen molar-refractivity contribution in [3.8, 4) is 44.9 Å². The van der Waals surface area contributed by atoms with Crippen molar-refractivity contribution in [2.75, 3.05) is 0 Å². The molecule has 8 rings (SSSR count). The van der Waals surface area contributed by atoms with Gasteiger partial charge in [-0.2, -0.15) is 43.2 Å². The van der Waals surface area contributed by atoms with Crippen LogP contribution in [0.15, 0.2) is 126 Å². The number of hydrogen-bond acceptors (Lipinski definition) is 6. The van der Waals surface area contributed by atoms with Gasteiger partial charge < -0.3 is 8.37 Å². The van der Waals surface area contributed by atoms with E-state index in [-0.39, 0.29) is 46.6 Å². The summed E-state index contributed by atoms with van der Waals surface area (Å²) < 4.78 is 145. The van der Waals surface area contributed by atoms with Crippen molar-refractivity contribution in [2.24, 2.45) is 23.7 Å². The molecule has 0 N–H and O–H groups in total. The van der Waals surface area contributed by atoms with E-state index >= 15 is 0 Å². The Bertz CT molecular complexity index is 3680. The maximum absolute atomic E-state index is 14.1. The van der Waals surface area contributed by atoms with Gasteiger partial charge in [-0.1, -0.05) is 168 Å². The monoisotopic (exact) mass is 1080 g/mol. The van der Waals surface area contributed by atoms with E-state index in [4.69, 9.17) is 8.37 Å². The minimum atomic E-state index is -6.14. The summed E-state index contributed by atoms with van der Waals surface area (Å²) in [5.41, 5.74) is -1.22. The lowest BCUT2D eigenvalue weighted by Crippen LogP contribution is -2.28. The van der Waals surface area contributed by atoms with Crippen LogP contribution >= 0.6 is 0 Å². The molecule has 7 aromatic rings. The van der Waals surface area contributed by atoms with Crippen molar-refractivity contribution in [3.63, 3.8) is 0 Å². The number of hydrogen-bond donors (Lipinski definition) is 0. The van der Waals surface area contributed by atoms with E-state index in [1.54, 1.807) is 24.3 Å². The minimum Gasteiger partial charge on any atom is -0.375 e. The molecule has 0 spiro atoms. The Morgan fingerprint density at radius 1 is 0.461 bits per heavy atom. The van der Waals surface area contributed by atoms with Crippen LogP contribution in [0.5, 0.6) is 11.5 Å². The smallest absolute Gasteiger partial charge is 0.375 e. The van der Waals surface area contributed by atoms with Gasteiger partial charge in [-0.15, -0.1) is 0 Å². The molecule has 0 saturated heterocycles. The van der Waals surface area contributed by atoms with E-state index in [1.165, 1.54) is 47.5 Å². The topological polar surface area (TPSA) is 86.7 Å². The van der Waals surface area contributed by atoms with Gasteiger partial charge in [0, 0.05) is 11.1 Å². The van der Waals surface area contributed by atoms with Crippen molar-refractivity contribution in [3.05, 3.63) is 149 Å². The normalized spacial score (nSPS) is 15.2. The Labute approximate surface area is 443 Å². The number of fused-ring (bicyclic) bond motifs is 5. The summed E-state index contributed by atoms with van der Waals surface area (Å²) in [7, 11) is -12.3. The fourth-order valence-electron chi connectivity index (χ4n) is 10.6. The summed E-state index contributed by atoms with van der Waals surface area (Å²) >= 11 is 0. The summed E-state index contributed by atoms with van der Waals surface area (Å²) in [5.74, 6) is 0.0925. The molecule has 6 nitrogen and oxygen atoms in total. The molecule has 0 radical (unpaired) electrons. The van der Waals surface area contributed by atoms with E-state index in [0.717, 1.165) is 45.4 Å². The van der Waals surface area contributed by atoms with E-state index in [2.05, 4.69) is 101 Å². The van der Waals surface area contributed by atoms with Gasteiger partial charge in [-0.05, 0) is 172 Å². The molecule has 7 aromatic carbocycles. The summed E-state index contributed by atoms with van der Waals surface area (Å²) in [4.78, 5) is 0. The maximum Gasteiger partial charge on any atom is 0.534 e. The first-order valence-corrected chi connectivity index (χ1v) is 28.5. The predicted molar refractivity (Wildman–Crippen MR) is 296 cm³/mol. The SMILES string of the molecule is CC(C)C1=CC(C(C)C)CC(C(C)C)=C1c1ccc2c(-c3ccccc3OS(=O)(=O)C(F)(F)F)cc3c4cc(-c5c(C(C)C)cc(C(C)C)cc5C(C)C)ccc4c(-c4ccccc4OS(=O)(=O)C(F)(F)F)cc3c2c1. The highest BCUT2D eigenvalue weighted by atomic mass is 32.2. The highest BCUT2D eigenvalue weighted by molar-refractivity contribution is 7.88. The van der Waals surface area contributed by atoms with Gasteiger partial charge in [0.2, 0.25) is 0 Å². The molecule has 0 aromatic heterocycles. The first kappa shape index (κ1) is 56.1. The van der Waals surface area contributed by atoms with Gasteiger partial charge in [0.25, 0.3) is 0 Å². The number of allylic oxidation sites excluding steroid dienone is 4. The molecule has 14 heteroatoms. The predicted octanol–water partition coefficient (Wildman–Crippen LogP) is 18.6. The molecule has 0 bridgehead atoms. The summed E-state index contributed by atoms with van der Waals surface area (Å²) in [5, 5.41) is 3.25. The van der Waals surface area contributed by atoms with Crippen molar-refractivity contribution in [1.29, 1.82) is 0 Å². The number of benzene rings is 7. The zero-order valence-corrected chi connectivity index (χ0v) is 46.4. The highest BCUT2D eigenvalue weighted by Gasteiger charge is 2.50. The zero-order chi connectivity index (χ0) is 55.7. The van der Waals surface area contributed by atoms with Crippen molar-refractivity contribution in [1.82, 2.24) is 0 Å². The molecular formula is C62H64F6O6S2. The third kappa shape index (κ3) is 10.5. The second kappa shape index (κ2) is 20.7. The van der Waals surface area contributed by atoms with E-state index in [0.29, 0.717) is 49.4 Å². The first-order valence-electron chi connectivity index (χ1n) is 25.7. The van der Waals surface area contributed by atoms with Gasteiger partial charge in [0.05, 0.1) is 0 Å². The van der Waals surface area contributed by atoms with Crippen molar-refractivity contribution in [2.45, 2.75) is 118 Å². The molecule has 402 valence electrons. The fourth-order valence-corrected chi connectivity index (χ4v) is 11.6. The molecule has 0 fully saturated rings. The third-order valence-electron chi connectivity index (χ3n) is 14.7. The van der Waals surface area contributed by atoms with Crippen LogP contribution in [0.3, 0.4) is 0 Å². The highest BCUT2D eigenvalue weighted by Crippen LogP contribution is 2.50. The number of halogens is 6. The average molecular weight is 1080 g/mol. The van der Waals surface area contributed by atoms with Crippen LogP contribution in [-0.2, 0) is 20.2 Å². The zero-order valence-electron chi connectivity index (χ0n) is 44.8. The molecule has 0 amide bonds. The second-order valence-electron chi connectivity index (χ2n) is 21.9. The number of rotatable bonds is 14. The average Bonchev–Trinajstić information content (AvgIpc) is 3.34. The molecule has 0 saturated carbocycles. The van der Waals surface area contributed by atoms with Crippen LogP contribution < -0.4 is 8.37 Å². The Morgan fingerprint density at radius 2 is 0.882 bits per heavy atom. The molecule has 1 atom stereocenters. The summed E-state index contributed by atoms with van der Waals surface area (Å²) in [6, 6.07) is 30.9. The van der Waals surface area contributed by atoms with Crippen LogP contribution in [0.25, 0.3) is 71.3 Å². The molecule has 0 aliphatic heterocycles. The fraction of sp³-hybridized carbons (Fsp3) is 0.355. The quantitative estimate of drug-likeness (QED) is 0.0467. The summed E-state index contributed by atoms with van der Waals surface area (Å²) in [6.45, 7) is 25.8. The number of alkyl halides is 6. The van der Waals surface area contributed by atoms with Crippen LogP contribution in [-0.4, -0.2) is 27.9 Å². The lowest BCUT2D eigenvalue weighted by atomic mass is 9.72. The molecule has 1 aliphatic rings. The van der Waals surface area contributed by atoms with Gasteiger partial charge in [0.1, 0.15) is 0 Å². The Balaban J connectivity index is 1.60. The third-order valence-corrected chi connectivity index (χ3v) is 16.7. The maximum atomic E-state index is 14.1. The van der Waals surface area contributed by atoms with Crippen LogP contribution in [0.2, 0.25) is 0 Å². The molecule has 1 aliphatic carbocycles. The minimum absolute atomic E-state index is 0.0494. The number of para-hydroxylation sites is 2. The van der Waals surface area contributed by atoms with Gasteiger partial charge in [0.15, 0.2) is 11.5 Å². The van der Waals surface area contributed by atoms with Gasteiger partial charge in [-0.3, -0.25) is 0 Å². The standard InChI is InChI=1S/C62H64F6O6S2/c1-33(2)41-27-47(35(5)6)59(48(28-41)36(7)8)39-21-23-43-51(25-39)55-31-54(46-18-14-16-20-58(46)74-76(71,72)62(66,67)68)44-24-22-40(60-49(37(9)10)29-42(34(3)4)30-50(60)38(11)12)26-52(44)56(55)32-53(43)45-17-13-15-19-57(45)73-75(69,70)61(63,64)65/h13-29,31-38,42H,30H2,1-12H3. The first-order chi connectivity index (χ1) is 35.4. The molecule has 76 heavy (non-hydrogen) atoms. The largest absolute Gasteiger partial charge is 0.534 e. The van der Waals surface area contributed by atoms with Crippen molar-refractivity contribution >= 4 is 58.1 Å². The Kier molecular flexibility index (Phi) is 15.3. The molecule has 1 unspecified atom stereocenters. The van der Waals surface area contributed by atoms with Crippen molar-refractivity contribution < 1.29 is 51.5 Å². The Morgan fingerprint density at radius 3 is 1.28 bits per heavy atom. The van der Waals surface area contributed by atoms with Crippen LogP contribution in [0, 0.1) is 23.7 Å². The Hall–Kier alpha value is -6.12. The van der Waals surface area contributed by atoms with E-state index in [1.807, 2.05) is 36.4 Å². The van der Waals surface area contributed by atoms with Gasteiger partial charge in [-0.25, -0.2) is 0 Å². The van der Waals surface area contributed by atoms with E-state index < -0.39 is 42.8 Å². The van der Waals surface area contributed by atoms with E-state index in [9.17, 15) is 43.2 Å². The molecule has 0 heterocycles. The summed E-state index contributed by atoms with van der Waals surface area (Å²) in [6.07, 6.45) is 3.16. The van der Waals surface area contributed by atoms with Crippen LogP contribution in [0.1, 0.15) is 130 Å². The molecular weight excluding hydrogens is 1020 g/mol. The van der Waals surface area contributed by atoms with Crippen LogP contribution in [0.4, 0.5) is 26.3 Å².